The molecule has 13 heteroatoms. The van der Waals surface area contributed by atoms with Gasteiger partial charge in [0.2, 0.25) is 9.84 Å². The minimum Gasteiger partial charge on any atom is -0.377 e. The van der Waals surface area contributed by atoms with Crippen LogP contribution >= 0.6 is 0 Å². The molecule has 0 aliphatic rings. The van der Waals surface area contributed by atoms with Crippen LogP contribution in [0.15, 0.2) is 0 Å². The van der Waals surface area contributed by atoms with E-state index in [2.05, 4.69) is 0 Å². The summed E-state index contributed by atoms with van der Waals surface area (Å²) in [5.74, 6) is -14.6. The van der Waals surface area contributed by atoms with E-state index in [-0.39, 0.29) is 6.92 Å². The third-order valence-electron chi connectivity index (χ3n) is 1.92. The van der Waals surface area contributed by atoms with E-state index in [1.54, 1.807) is 0 Å². The van der Waals surface area contributed by atoms with Crippen LogP contribution < -0.4 is 0 Å². The number of alkyl halides is 9. The van der Waals surface area contributed by atoms with Crippen molar-refractivity contribution < 1.29 is 53.0 Å². The normalized spacial score (nSPS) is 17.4. The lowest BCUT2D eigenvalue weighted by Crippen LogP contribution is -2.64. The topological polar surface area (TPSA) is 54.4 Å². The average Bonchev–Trinajstić information content (AvgIpc) is 2.14. The smallest absolute Gasteiger partial charge is 0.377 e. The van der Waals surface area contributed by atoms with E-state index in [0.29, 0.717) is 0 Å². The molecule has 0 saturated heterocycles. The molecule has 0 amide bonds. The zero-order valence-electron chi connectivity index (χ0n) is 8.65. The van der Waals surface area contributed by atoms with Crippen LogP contribution in [-0.4, -0.2) is 42.2 Å². The molecule has 0 aliphatic heterocycles. The Hall–Kier alpha value is -0.720. The van der Waals surface area contributed by atoms with Crippen molar-refractivity contribution in [2.75, 3.05) is 0 Å². The molecule has 0 aromatic heterocycles. The first-order chi connectivity index (χ1) is 7.94. The summed E-state index contributed by atoms with van der Waals surface area (Å²) in [5.41, 5.74) is -3.28. The van der Waals surface area contributed by atoms with E-state index in [9.17, 15) is 47.9 Å². The molecule has 3 nitrogen and oxygen atoms in total. The summed E-state index contributed by atoms with van der Waals surface area (Å²) in [5, 5.41) is 1.49. The van der Waals surface area contributed by atoms with E-state index < -0.39 is 38.5 Å². The van der Waals surface area contributed by atoms with Gasteiger partial charge in [-0.3, -0.25) is 0 Å². The lowest BCUT2D eigenvalue weighted by Gasteiger charge is -2.33. The van der Waals surface area contributed by atoms with Crippen molar-refractivity contribution in [3.63, 3.8) is 0 Å². The van der Waals surface area contributed by atoms with E-state index in [4.69, 9.17) is 5.11 Å². The van der Waals surface area contributed by atoms with E-state index in [1.807, 2.05) is 0 Å². The van der Waals surface area contributed by atoms with Gasteiger partial charge in [0.1, 0.15) is 0 Å². The van der Waals surface area contributed by atoms with Crippen LogP contribution in [0.25, 0.3) is 0 Å². The molecule has 0 aromatic carbocycles. The minimum atomic E-state index is -7.31. The molecule has 0 saturated carbocycles. The first-order valence-corrected chi connectivity index (χ1v) is 5.61. The summed E-state index contributed by atoms with van der Waals surface area (Å²) < 4.78 is 131. The highest BCUT2D eigenvalue weighted by atomic mass is 32.2. The fraction of sp³-hybridized carbons (Fsp3) is 1.00. The first-order valence-electron chi connectivity index (χ1n) is 4.06. The van der Waals surface area contributed by atoms with Crippen LogP contribution in [0.5, 0.6) is 0 Å². The Morgan fingerprint density at radius 2 is 1.16 bits per heavy atom. The molecule has 0 heterocycles. The molecule has 0 aromatic rings. The third kappa shape index (κ3) is 2.37. The number of sulfone groups is 1. The van der Waals surface area contributed by atoms with Gasteiger partial charge in [0, 0.05) is 0 Å². The van der Waals surface area contributed by atoms with Gasteiger partial charge in [0.25, 0.3) is 0 Å². The van der Waals surface area contributed by atoms with E-state index in [0.717, 1.165) is 0 Å². The third-order valence-corrected chi connectivity index (χ3v) is 3.79. The first kappa shape index (κ1) is 18.3. The zero-order valence-corrected chi connectivity index (χ0v) is 9.47. The average molecular weight is 328 g/mol. The summed E-state index contributed by atoms with van der Waals surface area (Å²) in [7, 11) is -6.69. The summed E-state index contributed by atoms with van der Waals surface area (Å²) in [4.78, 5) is 0. The van der Waals surface area contributed by atoms with Gasteiger partial charge in [0.15, 0.2) is 5.44 Å². The van der Waals surface area contributed by atoms with Gasteiger partial charge >= 0.3 is 23.3 Å². The largest absolute Gasteiger partial charge is 0.460 e. The Morgan fingerprint density at radius 1 is 0.842 bits per heavy atom. The van der Waals surface area contributed by atoms with Crippen molar-refractivity contribution in [1.82, 2.24) is 0 Å². The maximum absolute atomic E-state index is 12.8. The Kier molecular flexibility index (Phi) is 4.23. The highest BCUT2D eigenvalue weighted by Crippen LogP contribution is 2.55. The monoisotopic (exact) mass is 328 g/mol. The highest BCUT2D eigenvalue weighted by Gasteiger charge is 2.85. The second-order valence-electron chi connectivity index (χ2n) is 3.31. The van der Waals surface area contributed by atoms with Gasteiger partial charge in [-0.25, -0.2) is 8.42 Å². The lowest BCUT2D eigenvalue weighted by molar-refractivity contribution is -0.382. The van der Waals surface area contributed by atoms with Crippen molar-refractivity contribution >= 4 is 9.84 Å². The van der Waals surface area contributed by atoms with Crippen LogP contribution in [-0.2, 0) is 9.84 Å². The Morgan fingerprint density at radius 3 is 1.37 bits per heavy atom. The molecule has 0 rings (SSSR count). The highest BCUT2D eigenvalue weighted by molar-refractivity contribution is 7.92. The Labute approximate surface area is 99.5 Å². The Balaban J connectivity index is 6.08. The SMILES string of the molecule is CC(O)S(=O)(=O)C(F)(F)C(F)(F)C(F)(F)C(F)(F)F. The van der Waals surface area contributed by atoms with Crippen LogP contribution in [0, 0.1) is 0 Å². The van der Waals surface area contributed by atoms with Gasteiger partial charge < -0.3 is 5.11 Å². The van der Waals surface area contributed by atoms with Crippen molar-refractivity contribution in [3.8, 4) is 0 Å². The number of aliphatic hydroxyl groups is 1. The molecule has 19 heavy (non-hydrogen) atoms. The molecular formula is C6H5F9O3S. The fourth-order valence-corrected chi connectivity index (χ4v) is 1.67. The molecule has 0 spiro atoms. The van der Waals surface area contributed by atoms with E-state index in [1.165, 1.54) is 0 Å². The second kappa shape index (κ2) is 4.40. The van der Waals surface area contributed by atoms with Crippen molar-refractivity contribution in [2.24, 2.45) is 0 Å². The van der Waals surface area contributed by atoms with Crippen LogP contribution in [0.3, 0.4) is 0 Å². The predicted molar refractivity (Wildman–Crippen MR) is 41.5 cm³/mol. The molecule has 1 N–H and O–H groups in total. The fourth-order valence-electron chi connectivity index (χ4n) is 0.754. The number of aliphatic hydroxyl groups excluding tert-OH is 1. The van der Waals surface area contributed by atoms with Gasteiger partial charge in [-0.2, -0.15) is 39.5 Å². The summed E-state index contributed by atoms with van der Waals surface area (Å²) in [6.07, 6.45) is -7.12. The molecule has 116 valence electrons. The summed E-state index contributed by atoms with van der Waals surface area (Å²) in [6.45, 7) is -0.00887. The molecule has 1 atom stereocenters. The van der Waals surface area contributed by atoms with Gasteiger partial charge in [-0.05, 0) is 6.92 Å². The standard InChI is InChI=1S/C6H5F9O3S/c1-2(16)19(17,18)6(14,15)4(9,10)3(7,8)5(11,12)13/h2,16H,1H3. The second-order valence-corrected chi connectivity index (χ2v) is 5.59. The summed E-state index contributed by atoms with van der Waals surface area (Å²) >= 11 is 0. The molecule has 1 unspecified atom stereocenters. The number of rotatable bonds is 4. The van der Waals surface area contributed by atoms with Crippen LogP contribution in [0.2, 0.25) is 0 Å². The van der Waals surface area contributed by atoms with Crippen molar-refractivity contribution in [3.05, 3.63) is 0 Å². The molecule has 0 fully saturated rings. The molecule has 0 radical (unpaired) electrons. The van der Waals surface area contributed by atoms with Crippen molar-refractivity contribution in [1.29, 1.82) is 0 Å². The number of halogens is 9. The van der Waals surface area contributed by atoms with Gasteiger partial charge in [-0.1, -0.05) is 0 Å². The predicted octanol–water partition coefficient (Wildman–Crippen LogP) is 2.17. The number of hydrogen-bond donors (Lipinski definition) is 1. The van der Waals surface area contributed by atoms with E-state index >= 15 is 0 Å². The van der Waals surface area contributed by atoms with Crippen LogP contribution in [0.4, 0.5) is 39.5 Å². The molecule has 0 aliphatic carbocycles. The molecule has 0 bridgehead atoms. The lowest BCUT2D eigenvalue weighted by atomic mass is 10.1. The van der Waals surface area contributed by atoms with Gasteiger partial charge in [0.05, 0.1) is 0 Å². The van der Waals surface area contributed by atoms with Crippen molar-refractivity contribution in [2.45, 2.75) is 35.6 Å². The maximum atomic E-state index is 12.8. The minimum absolute atomic E-state index is 0.00887. The maximum Gasteiger partial charge on any atom is 0.460 e. The quantitative estimate of drug-likeness (QED) is 0.805. The molecular weight excluding hydrogens is 323 g/mol. The Bertz CT molecular complexity index is 435. The van der Waals surface area contributed by atoms with Gasteiger partial charge in [-0.15, -0.1) is 0 Å². The number of hydrogen-bond acceptors (Lipinski definition) is 3. The van der Waals surface area contributed by atoms with Crippen LogP contribution in [0.1, 0.15) is 6.92 Å². The zero-order chi connectivity index (χ0) is 16.1. The summed E-state index contributed by atoms with van der Waals surface area (Å²) in [6, 6.07) is 0.